The summed E-state index contributed by atoms with van der Waals surface area (Å²) in [5.74, 6) is -1.49. The molecule has 4 aromatic carbocycles. The van der Waals surface area contributed by atoms with Crippen LogP contribution in [0.2, 0.25) is 0 Å². The highest BCUT2D eigenvalue weighted by atomic mass is 16.5. The van der Waals surface area contributed by atoms with E-state index in [1.807, 2.05) is 30.3 Å². The quantitative estimate of drug-likeness (QED) is 0.224. The molecule has 0 radical (unpaired) electrons. The van der Waals surface area contributed by atoms with Crippen LogP contribution in [-0.4, -0.2) is 15.3 Å². The number of para-hydroxylation sites is 1. The number of nitrogens with two attached hydrogens (primary N) is 1. The molecule has 4 rings (SSSR count). The number of fused-ring (bicyclic) bond motifs is 1. The highest BCUT2D eigenvalue weighted by Gasteiger charge is 2.26. The summed E-state index contributed by atoms with van der Waals surface area (Å²) < 4.78 is 11.6. The van der Waals surface area contributed by atoms with Crippen molar-refractivity contribution in [2.24, 2.45) is 0 Å². The van der Waals surface area contributed by atoms with Gasteiger partial charge in [0.15, 0.2) is 11.5 Å². The molecule has 140 valence electrons. The molecule has 28 heavy (non-hydrogen) atoms. The van der Waals surface area contributed by atoms with Gasteiger partial charge < -0.3 is 30.5 Å². The minimum absolute atomic E-state index is 0.201. The highest BCUT2D eigenvalue weighted by molar-refractivity contribution is 5.89. The monoisotopic (exact) mass is 375 g/mol. The summed E-state index contributed by atoms with van der Waals surface area (Å²) >= 11 is 0. The van der Waals surface area contributed by atoms with Crippen molar-refractivity contribution in [2.75, 3.05) is 5.73 Å². The van der Waals surface area contributed by atoms with Gasteiger partial charge in [0.1, 0.15) is 17.2 Å². The number of ether oxygens (including phenoxy) is 2. The first kappa shape index (κ1) is 17.4. The van der Waals surface area contributed by atoms with Gasteiger partial charge in [-0.2, -0.15) is 0 Å². The van der Waals surface area contributed by atoms with Gasteiger partial charge in [0.05, 0.1) is 0 Å². The molecule has 0 aliphatic rings. The van der Waals surface area contributed by atoms with Crippen molar-refractivity contribution < 1.29 is 24.8 Å². The predicted octanol–water partition coefficient (Wildman–Crippen LogP) is 5.12. The maximum Gasteiger partial charge on any atom is 0.219 e. The number of rotatable bonds is 4. The largest absolute Gasteiger partial charge is 0.503 e. The number of benzene rings is 4. The van der Waals surface area contributed by atoms with Crippen LogP contribution in [0.25, 0.3) is 10.8 Å². The Morgan fingerprint density at radius 3 is 2.04 bits per heavy atom. The first-order chi connectivity index (χ1) is 13.6. The maximum absolute atomic E-state index is 10.5. The molecular formula is C22H17NO5. The fourth-order valence-corrected chi connectivity index (χ4v) is 2.88. The molecule has 0 saturated carbocycles. The summed E-state index contributed by atoms with van der Waals surface area (Å²) in [6.07, 6.45) is 0. The third kappa shape index (κ3) is 2.97. The second-order valence-electron chi connectivity index (χ2n) is 6.11. The van der Waals surface area contributed by atoms with E-state index in [9.17, 15) is 15.3 Å². The summed E-state index contributed by atoms with van der Waals surface area (Å²) in [4.78, 5) is 0. The first-order valence-corrected chi connectivity index (χ1v) is 8.51. The lowest BCUT2D eigenvalue weighted by Crippen LogP contribution is -1.96. The van der Waals surface area contributed by atoms with E-state index in [1.165, 1.54) is 0 Å². The van der Waals surface area contributed by atoms with Gasteiger partial charge in [-0.25, -0.2) is 0 Å². The number of nitrogen functional groups attached to an aromatic ring is 1. The number of phenolic OH excluding ortho intramolecular Hbond substituents is 3. The van der Waals surface area contributed by atoms with Crippen LogP contribution in [0.3, 0.4) is 0 Å². The van der Waals surface area contributed by atoms with Crippen LogP contribution in [0.15, 0.2) is 72.8 Å². The second-order valence-corrected chi connectivity index (χ2v) is 6.11. The lowest BCUT2D eigenvalue weighted by Gasteiger charge is -2.18. The Morgan fingerprint density at radius 2 is 1.25 bits per heavy atom. The third-order valence-electron chi connectivity index (χ3n) is 4.30. The lowest BCUT2D eigenvalue weighted by molar-refractivity contribution is 0.342. The van der Waals surface area contributed by atoms with E-state index in [1.54, 1.807) is 42.5 Å². The van der Waals surface area contributed by atoms with Crippen molar-refractivity contribution in [1.29, 1.82) is 0 Å². The molecule has 4 aromatic rings. The molecule has 0 amide bonds. The van der Waals surface area contributed by atoms with Gasteiger partial charge in [0.25, 0.3) is 0 Å². The van der Waals surface area contributed by atoms with Crippen LogP contribution >= 0.6 is 0 Å². The van der Waals surface area contributed by atoms with Gasteiger partial charge >= 0.3 is 0 Å². The van der Waals surface area contributed by atoms with E-state index in [-0.39, 0.29) is 11.5 Å². The number of anilines is 1. The smallest absolute Gasteiger partial charge is 0.219 e. The Morgan fingerprint density at radius 1 is 0.607 bits per heavy atom. The molecule has 0 aromatic heterocycles. The molecule has 6 heteroatoms. The Hall–Kier alpha value is -4.06. The predicted molar refractivity (Wildman–Crippen MR) is 106 cm³/mol. The van der Waals surface area contributed by atoms with Crippen LogP contribution in [0.5, 0.6) is 40.2 Å². The normalized spacial score (nSPS) is 10.7. The van der Waals surface area contributed by atoms with E-state index >= 15 is 0 Å². The Bertz CT molecular complexity index is 1150. The SMILES string of the molecule is Nc1c(O)c(O)c(Oc2ccccc2)c(Oc2cccc3ccccc23)c1O. The van der Waals surface area contributed by atoms with Gasteiger partial charge in [-0.15, -0.1) is 0 Å². The van der Waals surface area contributed by atoms with E-state index in [0.717, 1.165) is 10.8 Å². The Balaban J connectivity index is 1.87. The molecule has 0 aliphatic carbocycles. The average Bonchev–Trinajstić information content (AvgIpc) is 2.74. The molecule has 6 nitrogen and oxygen atoms in total. The standard InChI is InChI=1S/C22H17NO5/c23-17-18(24)20(26)22(27-14-9-2-1-3-10-14)21(19(17)25)28-16-12-6-8-13-7-4-5-11-15(13)16/h1-12,24-26H,23H2. The lowest BCUT2D eigenvalue weighted by atomic mass is 10.1. The summed E-state index contributed by atoms with van der Waals surface area (Å²) in [6.45, 7) is 0. The molecule has 0 saturated heterocycles. The van der Waals surface area contributed by atoms with Gasteiger partial charge in [0, 0.05) is 5.39 Å². The molecule has 0 spiro atoms. The van der Waals surface area contributed by atoms with Crippen molar-refractivity contribution in [2.45, 2.75) is 0 Å². The van der Waals surface area contributed by atoms with Crippen LogP contribution in [0.1, 0.15) is 0 Å². The van der Waals surface area contributed by atoms with E-state index in [4.69, 9.17) is 15.2 Å². The Kier molecular flexibility index (Phi) is 4.29. The minimum atomic E-state index is -0.686. The maximum atomic E-state index is 10.5. The zero-order valence-electron chi connectivity index (χ0n) is 14.7. The molecule has 0 bridgehead atoms. The van der Waals surface area contributed by atoms with Crippen molar-refractivity contribution in [1.82, 2.24) is 0 Å². The van der Waals surface area contributed by atoms with Crippen LogP contribution < -0.4 is 15.2 Å². The number of hydrogen-bond acceptors (Lipinski definition) is 6. The van der Waals surface area contributed by atoms with E-state index in [0.29, 0.717) is 11.5 Å². The number of aromatic hydroxyl groups is 3. The zero-order valence-corrected chi connectivity index (χ0v) is 14.7. The van der Waals surface area contributed by atoms with Gasteiger partial charge in [-0.05, 0) is 23.6 Å². The molecule has 0 heterocycles. The van der Waals surface area contributed by atoms with Gasteiger partial charge in [-0.3, -0.25) is 0 Å². The van der Waals surface area contributed by atoms with Crippen LogP contribution in [0, 0.1) is 0 Å². The summed E-state index contributed by atoms with van der Waals surface area (Å²) in [7, 11) is 0. The van der Waals surface area contributed by atoms with Crippen molar-refractivity contribution in [3.63, 3.8) is 0 Å². The molecule has 0 fully saturated rings. The Labute approximate surface area is 160 Å². The fraction of sp³-hybridized carbons (Fsp3) is 0. The average molecular weight is 375 g/mol. The number of hydrogen-bond donors (Lipinski definition) is 4. The molecule has 5 N–H and O–H groups in total. The van der Waals surface area contributed by atoms with E-state index < -0.39 is 22.9 Å². The topological polar surface area (TPSA) is 105 Å². The van der Waals surface area contributed by atoms with Gasteiger partial charge in [-0.1, -0.05) is 54.6 Å². The summed E-state index contributed by atoms with van der Waals surface area (Å²) in [5.41, 5.74) is 5.31. The van der Waals surface area contributed by atoms with E-state index in [2.05, 4.69) is 0 Å². The van der Waals surface area contributed by atoms with Crippen molar-refractivity contribution >= 4 is 16.5 Å². The fourth-order valence-electron chi connectivity index (χ4n) is 2.88. The molecular weight excluding hydrogens is 358 g/mol. The second kappa shape index (κ2) is 6.92. The van der Waals surface area contributed by atoms with Crippen molar-refractivity contribution in [3.05, 3.63) is 72.8 Å². The minimum Gasteiger partial charge on any atom is -0.503 e. The molecule has 0 unspecified atom stereocenters. The zero-order chi connectivity index (χ0) is 19.7. The van der Waals surface area contributed by atoms with Crippen molar-refractivity contribution in [3.8, 4) is 40.2 Å². The summed E-state index contributed by atoms with van der Waals surface area (Å²) in [6, 6.07) is 21.6. The molecule has 0 atom stereocenters. The summed E-state index contributed by atoms with van der Waals surface area (Å²) in [5, 5.41) is 32.6. The van der Waals surface area contributed by atoms with Gasteiger partial charge in [0.2, 0.25) is 17.2 Å². The van der Waals surface area contributed by atoms with Crippen LogP contribution in [-0.2, 0) is 0 Å². The highest BCUT2D eigenvalue weighted by Crippen LogP contribution is 2.56. The third-order valence-corrected chi connectivity index (χ3v) is 4.30. The van der Waals surface area contributed by atoms with Crippen LogP contribution in [0.4, 0.5) is 5.69 Å². The molecule has 0 aliphatic heterocycles. The first-order valence-electron chi connectivity index (χ1n) is 8.51. The number of phenols is 3.